The molecule has 272 valence electrons. The van der Waals surface area contributed by atoms with E-state index in [4.69, 9.17) is 0 Å². The predicted octanol–water partition coefficient (Wildman–Crippen LogP) is 0.939. The van der Waals surface area contributed by atoms with Crippen LogP contribution in [0.25, 0.3) is 0 Å². The molecule has 0 aliphatic carbocycles. The molecule has 16 nitrogen and oxygen atoms in total. The normalized spacial score (nSPS) is 12.2. The van der Waals surface area contributed by atoms with Crippen molar-refractivity contribution in [3.8, 4) is 0 Å². The highest BCUT2D eigenvalue weighted by atomic mass is 16.5. The molecule has 4 atom stereocenters. The minimum absolute atomic E-state index is 0.209. The van der Waals surface area contributed by atoms with Gasteiger partial charge in [-0.2, -0.15) is 0 Å². The Morgan fingerprint density at radius 2 is 0.729 bits per heavy atom. The highest BCUT2D eigenvalue weighted by Crippen LogP contribution is 2.03. The summed E-state index contributed by atoms with van der Waals surface area (Å²) >= 11 is 0. The zero-order valence-corrected chi connectivity index (χ0v) is 29.6. The van der Waals surface area contributed by atoms with Crippen molar-refractivity contribution >= 4 is 47.5 Å². The van der Waals surface area contributed by atoms with E-state index < -0.39 is 48.0 Å². The minimum Gasteiger partial charge on any atom is -0.467 e. The van der Waals surface area contributed by atoms with Gasteiger partial charge in [0.1, 0.15) is 24.2 Å². The Hall–Kier alpha value is -5.02. The van der Waals surface area contributed by atoms with Gasteiger partial charge in [0, 0.05) is 27.7 Å². The van der Waals surface area contributed by atoms with E-state index in [9.17, 15) is 38.4 Å². The molecule has 0 saturated carbocycles. The first-order valence-corrected chi connectivity index (χ1v) is 14.7. The van der Waals surface area contributed by atoms with Gasteiger partial charge in [-0.1, -0.05) is 29.9 Å². The summed E-state index contributed by atoms with van der Waals surface area (Å²) < 4.78 is 18.2. The van der Waals surface area contributed by atoms with Gasteiger partial charge in [-0.15, -0.1) is 6.58 Å². The first-order valence-electron chi connectivity index (χ1n) is 14.7. The van der Waals surface area contributed by atoms with Crippen LogP contribution in [0.1, 0.15) is 67.2 Å². The summed E-state index contributed by atoms with van der Waals surface area (Å²) in [6.07, 6.45) is 7.95. The molecular formula is C32H52N4O12. The molecule has 0 aromatic rings. The molecule has 0 rings (SSSR count). The van der Waals surface area contributed by atoms with Gasteiger partial charge in [0.2, 0.25) is 23.6 Å². The standard InChI is InChI=1S/C14H22N2O6.C10H17NO3.C8H13NO3/c1-9(17)15-11(13(19)21-3)7-5-6-8-12(14(20)22-4)16-10(2)18;1-7(2)5-6-9(10(13)14-4)11-8(3)12;1-4-5-7(8(11)12-3)9-6(2)10/h5-6,11-12H,7-8H2,1-4H3,(H,15,17)(H,16,18);5,9H,6H2,1-4H3,(H,11,12);4,7H,1,5H2,2-3H3,(H,9,10)/t11-,12-;9-;7-/m000/s1. The first kappa shape index (κ1) is 47.4. The molecule has 0 radical (unpaired) electrons. The van der Waals surface area contributed by atoms with Crippen molar-refractivity contribution < 1.29 is 57.3 Å². The van der Waals surface area contributed by atoms with E-state index in [0.29, 0.717) is 12.8 Å². The third-order valence-electron chi connectivity index (χ3n) is 5.53. The molecule has 0 fully saturated rings. The van der Waals surface area contributed by atoms with Gasteiger partial charge in [0.25, 0.3) is 0 Å². The van der Waals surface area contributed by atoms with Crippen LogP contribution in [0.3, 0.4) is 0 Å². The molecule has 0 bridgehead atoms. The summed E-state index contributed by atoms with van der Waals surface area (Å²) in [6.45, 7) is 12.6. The van der Waals surface area contributed by atoms with Crippen LogP contribution in [0.2, 0.25) is 0 Å². The Bertz CT molecular complexity index is 1110. The van der Waals surface area contributed by atoms with E-state index in [0.717, 1.165) is 5.57 Å². The number of carbonyl (C=O) groups excluding carboxylic acids is 8. The van der Waals surface area contributed by atoms with Crippen LogP contribution in [-0.4, -0.2) is 100 Å². The maximum absolute atomic E-state index is 11.5. The second kappa shape index (κ2) is 28.2. The molecule has 0 aliphatic rings. The lowest BCUT2D eigenvalue weighted by Crippen LogP contribution is -2.40. The van der Waals surface area contributed by atoms with Crippen molar-refractivity contribution in [1.82, 2.24) is 21.3 Å². The largest absolute Gasteiger partial charge is 0.467 e. The Balaban J connectivity index is -0.000000673. The minimum atomic E-state index is -0.795. The molecule has 0 heterocycles. The number of esters is 4. The van der Waals surface area contributed by atoms with E-state index in [-0.39, 0.29) is 36.5 Å². The second-order valence-corrected chi connectivity index (χ2v) is 10.1. The number of amides is 4. The molecule has 0 aromatic carbocycles. The summed E-state index contributed by atoms with van der Waals surface area (Å²) in [6, 6.07) is -2.77. The Morgan fingerprint density at radius 3 is 0.938 bits per heavy atom. The lowest BCUT2D eigenvalue weighted by atomic mass is 10.1. The third kappa shape index (κ3) is 26.2. The van der Waals surface area contributed by atoms with Crippen LogP contribution in [0.5, 0.6) is 0 Å². The number of hydrogen-bond acceptors (Lipinski definition) is 12. The quantitative estimate of drug-likeness (QED) is 0.101. The fraction of sp³-hybridized carbons (Fsp3) is 0.562. The van der Waals surface area contributed by atoms with E-state index in [1.165, 1.54) is 56.1 Å². The molecule has 0 aromatic heterocycles. The number of ether oxygens (including phenoxy) is 4. The molecule has 4 N–H and O–H groups in total. The SMILES string of the molecule is C=CC[C@H](NC(C)=O)C(=O)OC.COC(=O)[C@H](CC=C(C)C)NC(C)=O.COC(=O)[C@H](CC=CC[C@H](NC(C)=O)C(=O)OC)NC(C)=O. The monoisotopic (exact) mass is 684 g/mol. The molecule has 4 amide bonds. The topological polar surface area (TPSA) is 222 Å². The van der Waals surface area contributed by atoms with E-state index in [1.54, 1.807) is 18.2 Å². The Kier molecular flexibility index (Phi) is 27.9. The highest BCUT2D eigenvalue weighted by Gasteiger charge is 2.21. The van der Waals surface area contributed by atoms with E-state index in [2.05, 4.69) is 46.8 Å². The maximum Gasteiger partial charge on any atom is 0.328 e. The van der Waals surface area contributed by atoms with Crippen molar-refractivity contribution in [1.29, 1.82) is 0 Å². The smallest absolute Gasteiger partial charge is 0.328 e. The van der Waals surface area contributed by atoms with Crippen molar-refractivity contribution in [2.75, 3.05) is 28.4 Å². The average Bonchev–Trinajstić information content (AvgIpc) is 3.01. The zero-order chi connectivity index (χ0) is 37.8. The molecule has 0 spiro atoms. The lowest BCUT2D eigenvalue weighted by Gasteiger charge is -2.14. The summed E-state index contributed by atoms with van der Waals surface area (Å²) in [4.78, 5) is 88.5. The number of rotatable bonds is 16. The summed E-state index contributed by atoms with van der Waals surface area (Å²) in [5, 5.41) is 9.89. The van der Waals surface area contributed by atoms with Crippen molar-refractivity contribution in [3.05, 3.63) is 36.5 Å². The van der Waals surface area contributed by atoms with Crippen molar-refractivity contribution in [2.24, 2.45) is 0 Å². The van der Waals surface area contributed by atoms with Gasteiger partial charge in [-0.3, -0.25) is 19.2 Å². The molecular weight excluding hydrogens is 632 g/mol. The third-order valence-corrected chi connectivity index (χ3v) is 5.53. The van der Waals surface area contributed by atoms with Crippen LogP contribution in [0.15, 0.2) is 36.5 Å². The van der Waals surface area contributed by atoms with Gasteiger partial charge >= 0.3 is 23.9 Å². The van der Waals surface area contributed by atoms with Gasteiger partial charge in [-0.25, -0.2) is 19.2 Å². The Morgan fingerprint density at radius 1 is 0.479 bits per heavy atom. The molecule has 0 saturated heterocycles. The molecule has 16 heteroatoms. The Labute approximate surface area is 282 Å². The zero-order valence-electron chi connectivity index (χ0n) is 29.6. The van der Waals surface area contributed by atoms with Gasteiger partial charge < -0.3 is 40.2 Å². The predicted molar refractivity (Wildman–Crippen MR) is 176 cm³/mol. The number of allylic oxidation sites excluding steroid dienone is 1. The van der Waals surface area contributed by atoms with Crippen molar-refractivity contribution in [2.45, 2.75) is 91.4 Å². The molecule has 0 unspecified atom stereocenters. The van der Waals surface area contributed by atoms with Gasteiger partial charge in [0.15, 0.2) is 0 Å². The van der Waals surface area contributed by atoms with Crippen LogP contribution in [-0.2, 0) is 57.3 Å². The maximum atomic E-state index is 11.5. The molecule has 48 heavy (non-hydrogen) atoms. The van der Waals surface area contributed by atoms with E-state index in [1.807, 2.05) is 19.9 Å². The first-order chi connectivity index (χ1) is 22.4. The second-order valence-electron chi connectivity index (χ2n) is 10.1. The number of hydrogen-bond donors (Lipinski definition) is 4. The fourth-order valence-electron chi connectivity index (χ4n) is 3.39. The van der Waals surface area contributed by atoms with Crippen LogP contribution < -0.4 is 21.3 Å². The van der Waals surface area contributed by atoms with Crippen molar-refractivity contribution in [3.63, 3.8) is 0 Å². The average molecular weight is 685 g/mol. The summed E-state index contributed by atoms with van der Waals surface area (Å²) in [5.41, 5.74) is 1.10. The van der Waals surface area contributed by atoms with E-state index >= 15 is 0 Å². The molecule has 0 aliphatic heterocycles. The van der Waals surface area contributed by atoms with Gasteiger partial charge in [0.05, 0.1) is 28.4 Å². The highest BCUT2D eigenvalue weighted by molar-refractivity contribution is 5.85. The lowest BCUT2D eigenvalue weighted by molar-refractivity contribution is -0.145. The summed E-state index contributed by atoms with van der Waals surface area (Å²) in [7, 11) is 5.04. The number of methoxy groups -OCH3 is 4. The van der Waals surface area contributed by atoms with Crippen LogP contribution >= 0.6 is 0 Å². The van der Waals surface area contributed by atoms with Crippen LogP contribution in [0, 0.1) is 0 Å². The summed E-state index contributed by atoms with van der Waals surface area (Å²) in [5.74, 6) is -3.20. The van der Waals surface area contributed by atoms with Gasteiger partial charge in [-0.05, 0) is 39.5 Å². The van der Waals surface area contributed by atoms with Crippen LogP contribution in [0.4, 0.5) is 0 Å². The fourth-order valence-corrected chi connectivity index (χ4v) is 3.39. The number of nitrogens with one attached hydrogen (secondary N) is 4. The number of carbonyl (C=O) groups is 8.